The second kappa shape index (κ2) is 4.33. The van der Waals surface area contributed by atoms with Crippen molar-refractivity contribution in [2.45, 2.75) is 25.9 Å². The molecule has 0 aliphatic heterocycles. The summed E-state index contributed by atoms with van der Waals surface area (Å²) in [6.07, 6.45) is 1.38. The van der Waals surface area contributed by atoms with E-state index in [9.17, 15) is 4.79 Å². The van der Waals surface area contributed by atoms with Gasteiger partial charge < -0.3 is 9.84 Å². The Labute approximate surface area is 82.8 Å². The number of thioether (sulfide) groups is 1. The quantitative estimate of drug-likeness (QED) is 0.714. The van der Waals surface area contributed by atoms with Gasteiger partial charge in [0.2, 0.25) is 0 Å². The van der Waals surface area contributed by atoms with E-state index >= 15 is 0 Å². The van der Waals surface area contributed by atoms with Crippen molar-refractivity contribution in [1.29, 1.82) is 0 Å². The third kappa shape index (κ3) is 2.38. The van der Waals surface area contributed by atoms with Crippen molar-refractivity contribution in [2.24, 2.45) is 5.41 Å². The highest BCUT2D eigenvalue weighted by Crippen LogP contribution is 2.52. The van der Waals surface area contributed by atoms with Crippen LogP contribution < -0.4 is 0 Å². The molecule has 0 aromatic heterocycles. The van der Waals surface area contributed by atoms with E-state index < -0.39 is 12.1 Å². The van der Waals surface area contributed by atoms with Gasteiger partial charge >= 0.3 is 5.97 Å². The van der Waals surface area contributed by atoms with Gasteiger partial charge in [-0.25, -0.2) is 4.79 Å². The molecule has 3 nitrogen and oxygen atoms in total. The normalized spacial score (nSPS) is 21.1. The summed E-state index contributed by atoms with van der Waals surface area (Å²) in [5.41, 5.74) is -0.0682. The van der Waals surface area contributed by atoms with E-state index in [2.05, 4.69) is 6.92 Å². The van der Waals surface area contributed by atoms with Crippen LogP contribution in [0.5, 0.6) is 0 Å². The molecule has 0 heterocycles. The fourth-order valence-corrected chi connectivity index (χ4v) is 2.61. The second-order valence-electron chi connectivity index (χ2n) is 3.45. The Bertz CT molecular complexity index is 189. The molecule has 0 aromatic carbocycles. The van der Waals surface area contributed by atoms with Gasteiger partial charge in [-0.3, -0.25) is 0 Å². The first kappa shape index (κ1) is 10.9. The summed E-state index contributed by atoms with van der Waals surface area (Å²) >= 11 is 1.80. The molecule has 1 aliphatic rings. The molecule has 13 heavy (non-hydrogen) atoms. The number of carbonyl (C=O) groups is 1. The lowest BCUT2D eigenvalue weighted by Crippen LogP contribution is -2.34. The largest absolute Gasteiger partial charge is 0.479 e. The van der Waals surface area contributed by atoms with E-state index in [0.29, 0.717) is 0 Å². The van der Waals surface area contributed by atoms with Gasteiger partial charge in [-0.1, -0.05) is 6.92 Å². The van der Waals surface area contributed by atoms with Crippen molar-refractivity contribution in [3.05, 3.63) is 0 Å². The Balaban J connectivity index is 2.51. The number of hydrogen-bond donors (Lipinski definition) is 1. The van der Waals surface area contributed by atoms with Gasteiger partial charge in [0.15, 0.2) is 6.10 Å². The number of aliphatic carboxylic acids is 1. The first-order chi connectivity index (χ1) is 6.16. The van der Waals surface area contributed by atoms with Crippen molar-refractivity contribution < 1.29 is 14.6 Å². The molecule has 0 aromatic rings. The highest BCUT2D eigenvalue weighted by Gasteiger charge is 2.52. The summed E-state index contributed by atoms with van der Waals surface area (Å²) in [5.74, 6) is 1.13. The van der Waals surface area contributed by atoms with E-state index in [0.717, 1.165) is 24.3 Å². The van der Waals surface area contributed by atoms with Crippen LogP contribution in [0.1, 0.15) is 19.8 Å². The summed E-state index contributed by atoms with van der Waals surface area (Å²) in [5, 5.41) is 8.91. The van der Waals surface area contributed by atoms with Crippen LogP contribution in [0.15, 0.2) is 0 Å². The number of methoxy groups -OCH3 is 1. The lowest BCUT2D eigenvalue weighted by atomic mass is 10.0. The molecule has 1 saturated carbocycles. The van der Waals surface area contributed by atoms with Crippen LogP contribution in [0.4, 0.5) is 0 Å². The van der Waals surface area contributed by atoms with Gasteiger partial charge in [0, 0.05) is 18.3 Å². The minimum Gasteiger partial charge on any atom is -0.479 e. The maximum Gasteiger partial charge on any atom is 0.333 e. The molecule has 0 radical (unpaired) electrons. The average Bonchev–Trinajstić information content (AvgIpc) is 2.83. The zero-order valence-corrected chi connectivity index (χ0v) is 8.89. The summed E-state index contributed by atoms with van der Waals surface area (Å²) in [4.78, 5) is 10.8. The first-order valence-electron chi connectivity index (χ1n) is 4.49. The Kier molecular flexibility index (Phi) is 3.62. The Morgan fingerprint density at radius 1 is 1.69 bits per heavy atom. The standard InChI is InChI=1S/C9H16O3S/c1-3-13-6-9(4-5-9)7(12-2)8(10)11/h7H,3-6H2,1-2H3,(H,10,11). The van der Waals surface area contributed by atoms with Gasteiger partial charge in [-0.2, -0.15) is 11.8 Å². The van der Waals surface area contributed by atoms with Gasteiger partial charge in [-0.05, 0) is 18.6 Å². The third-order valence-electron chi connectivity index (χ3n) is 2.50. The van der Waals surface area contributed by atoms with Crippen LogP contribution in [0.25, 0.3) is 0 Å². The zero-order valence-electron chi connectivity index (χ0n) is 8.08. The van der Waals surface area contributed by atoms with Crippen molar-refractivity contribution in [3.63, 3.8) is 0 Å². The molecule has 1 rings (SSSR count). The molecule has 1 aliphatic carbocycles. The van der Waals surface area contributed by atoms with Crippen molar-refractivity contribution in [1.82, 2.24) is 0 Å². The molecule has 0 amide bonds. The Morgan fingerprint density at radius 2 is 2.31 bits per heavy atom. The summed E-state index contributed by atoms with van der Waals surface area (Å²) < 4.78 is 5.02. The third-order valence-corrected chi connectivity index (χ3v) is 3.69. The maximum absolute atomic E-state index is 10.8. The van der Waals surface area contributed by atoms with Crippen LogP contribution in [-0.4, -0.2) is 35.8 Å². The number of ether oxygens (including phenoxy) is 1. The molecule has 1 N–H and O–H groups in total. The van der Waals surface area contributed by atoms with Crippen LogP contribution >= 0.6 is 11.8 Å². The minimum absolute atomic E-state index is 0.0682. The number of carboxylic acid groups (broad SMARTS) is 1. The molecule has 1 atom stereocenters. The number of carboxylic acids is 1. The van der Waals surface area contributed by atoms with E-state index in [1.165, 1.54) is 7.11 Å². The number of rotatable bonds is 6. The molecule has 1 fully saturated rings. The summed E-state index contributed by atoms with van der Waals surface area (Å²) in [6, 6.07) is 0. The van der Waals surface area contributed by atoms with E-state index in [4.69, 9.17) is 9.84 Å². The van der Waals surface area contributed by atoms with Gasteiger partial charge in [0.05, 0.1) is 0 Å². The predicted octanol–water partition coefficient (Wildman–Crippen LogP) is 1.62. The maximum atomic E-state index is 10.8. The van der Waals surface area contributed by atoms with Crippen LogP contribution in [0.2, 0.25) is 0 Å². The first-order valence-corrected chi connectivity index (χ1v) is 5.65. The Hall–Kier alpha value is -0.220. The topological polar surface area (TPSA) is 46.5 Å². The van der Waals surface area contributed by atoms with E-state index in [1.54, 1.807) is 11.8 Å². The summed E-state index contributed by atoms with van der Waals surface area (Å²) in [7, 11) is 1.48. The fraction of sp³-hybridized carbons (Fsp3) is 0.889. The molecule has 0 bridgehead atoms. The van der Waals surface area contributed by atoms with Crippen LogP contribution in [-0.2, 0) is 9.53 Å². The van der Waals surface area contributed by atoms with Crippen LogP contribution in [0.3, 0.4) is 0 Å². The van der Waals surface area contributed by atoms with Gasteiger partial charge in [0.25, 0.3) is 0 Å². The monoisotopic (exact) mass is 204 g/mol. The molecule has 1 unspecified atom stereocenters. The molecule has 76 valence electrons. The lowest BCUT2D eigenvalue weighted by molar-refractivity contribution is -0.152. The molecular weight excluding hydrogens is 188 g/mol. The van der Waals surface area contributed by atoms with E-state index in [-0.39, 0.29) is 5.41 Å². The highest BCUT2D eigenvalue weighted by atomic mass is 32.2. The van der Waals surface area contributed by atoms with Gasteiger partial charge in [0.1, 0.15) is 0 Å². The van der Waals surface area contributed by atoms with E-state index in [1.807, 2.05) is 0 Å². The predicted molar refractivity (Wildman–Crippen MR) is 53.1 cm³/mol. The number of hydrogen-bond acceptors (Lipinski definition) is 3. The second-order valence-corrected chi connectivity index (χ2v) is 4.73. The summed E-state index contributed by atoms with van der Waals surface area (Å²) in [6.45, 7) is 2.09. The smallest absolute Gasteiger partial charge is 0.333 e. The fourth-order valence-electron chi connectivity index (χ4n) is 1.56. The molecular formula is C9H16O3S. The van der Waals surface area contributed by atoms with Gasteiger partial charge in [-0.15, -0.1) is 0 Å². The minimum atomic E-state index is -0.822. The lowest BCUT2D eigenvalue weighted by Gasteiger charge is -2.21. The average molecular weight is 204 g/mol. The molecule has 0 saturated heterocycles. The van der Waals surface area contributed by atoms with Crippen molar-refractivity contribution >= 4 is 17.7 Å². The highest BCUT2D eigenvalue weighted by molar-refractivity contribution is 7.99. The zero-order chi connectivity index (χ0) is 9.90. The Morgan fingerprint density at radius 3 is 2.62 bits per heavy atom. The SMILES string of the molecule is CCSCC1(C(OC)C(=O)O)CC1. The van der Waals surface area contributed by atoms with Crippen molar-refractivity contribution in [3.8, 4) is 0 Å². The molecule has 4 heteroatoms. The molecule has 0 spiro atoms. The van der Waals surface area contributed by atoms with Crippen LogP contribution in [0, 0.1) is 5.41 Å². The van der Waals surface area contributed by atoms with Crippen molar-refractivity contribution in [2.75, 3.05) is 18.6 Å².